The van der Waals surface area contributed by atoms with E-state index in [1.54, 1.807) is 0 Å². The third kappa shape index (κ3) is 9.17. The number of unbranched alkanes of at least 4 members (excludes halogenated alkanes) is 3. The van der Waals surface area contributed by atoms with E-state index in [0.717, 1.165) is 12.3 Å². The minimum atomic E-state index is 0.197. The van der Waals surface area contributed by atoms with Crippen molar-refractivity contribution in [2.45, 2.75) is 78.4 Å². The minimum absolute atomic E-state index is 0.197. The lowest BCUT2D eigenvalue weighted by molar-refractivity contribution is 0.00115. The highest BCUT2D eigenvalue weighted by Crippen LogP contribution is 2.17. The molecular formula is C14H31NO. The van der Waals surface area contributed by atoms with Crippen LogP contribution in [0.4, 0.5) is 0 Å². The fourth-order valence-electron chi connectivity index (χ4n) is 2.11. The van der Waals surface area contributed by atoms with Gasteiger partial charge in [0.05, 0.1) is 12.2 Å². The van der Waals surface area contributed by atoms with Crippen molar-refractivity contribution in [3.8, 4) is 0 Å². The predicted molar refractivity (Wildman–Crippen MR) is 71.6 cm³/mol. The first kappa shape index (κ1) is 15.9. The zero-order valence-corrected chi connectivity index (χ0v) is 11.7. The fourth-order valence-corrected chi connectivity index (χ4v) is 2.11. The van der Waals surface area contributed by atoms with Gasteiger partial charge in [0.2, 0.25) is 0 Å². The summed E-state index contributed by atoms with van der Waals surface area (Å²) in [6.07, 6.45) is 8.50. The van der Waals surface area contributed by atoms with Crippen LogP contribution < -0.4 is 5.73 Å². The van der Waals surface area contributed by atoms with E-state index in [0.29, 0.717) is 12.6 Å². The van der Waals surface area contributed by atoms with Gasteiger partial charge in [-0.15, -0.1) is 0 Å². The lowest BCUT2D eigenvalue weighted by Gasteiger charge is -2.21. The number of hydrogen-bond donors (Lipinski definition) is 1. The molecule has 3 atom stereocenters. The summed E-state index contributed by atoms with van der Waals surface area (Å²) in [5.74, 6) is 0.775. The predicted octanol–water partition coefficient (Wildman–Crippen LogP) is 3.74. The summed E-state index contributed by atoms with van der Waals surface area (Å²) in [6, 6.07) is 0. The molecule has 0 fully saturated rings. The van der Waals surface area contributed by atoms with Crippen molar-refractivity contribution in [3.63, 3.8) is 0 Å². The van der Waals surface area contributed by atoms with Crippen LogP contribution in [0.25, 0.3) is 0 Å². The molecule has 2 N–H and O–H groups in total. The molecule has 0 radical (unpaired) electrons. The van der Waals surface area contributed by atoms with Crippen LogP contribution in [0.15, 0.2) is 0 Å². The maximum Gasteiger partial charge on any atom is 0.0672 e. The van der Waals surface area contributed by atoms with Crippen LogP contribution in [-0.4, -0.2) is 18.8 Å². The molecule has 0 bridgehead atoms. The Morgan fingerprint density at radius 1 is 1.00 bits per heavy atom. The second kappa shape index (κ2) is 10.1. The second-order valence-electron chi connectivity index (χ2n) is 5.18. The van der Waals surface area contributed by atoms with Gasteiger partial charge in [-0.3, -0.25) is 0 Å². The van der Waals surface area contributed by atoms with E-state index in [1.165, 1.54) is 32.1 Å². The Labute approximate surface area is 102 Å². The van der Waals surface area contributed by atoms with Gasteiger partial charge in [0.1, 0.15) is 0 Å². The van der Waals surface area contributed by atoms with Crippen molar-refractivity contribution in [2.24, 2.45) is 11.7 Å². The first-order valence-electron chi connectivity index (χ1n) is 6.95. The molecule has 0 aromatic carbocycles. The minimum Gasteiger partial charge on any atom is -0.374 e. The van der Waals surface area contributed by atoms with E-state index in [4.69, 9.17) is 10.5 Å². The Kier molecular flexibility index (Phi) is 10.0. The van der Waals surface area contributed by atoms with Crippen LogP contribution in [-0.2, 0) is 4.74 Å². The molecule has 0 rings (SSSR count). The van der Waals surface area contributed by atoms with Crippen molar-refractivity contribution in [3.05, 3.63) is 0 Å². The molecule has 0 aliphatic carbocycles. The van der Waals surface area contributed by atoms with Crippen LogP contribution >= 0.6 is 0 Å². The lowest BCUT2D eigenvalue weighted by Crippen LogP contribution is -2.25. The molecule has 0 saturated heterocycles. The van der Waals surface area contributed by atoms with Crippen molar-refractivity contribution >= 4 is 0 Å². The number of nitrogens with two attached hydrogens (primary N) is 1. The Morgan fingerprint density at radius 2 is 1.69 bits per heavy atom. The summed E-state index contributed by atoms with van der Waals surface area (Å²) in [5, 5.41) is 0. The summed E-state index contributed by atoms with van der Waals surface area (Å²) in [4.78, 5) is 0. The lowest BCUT2D eigenvalue weighted by atomic mass is 9.97. The quantitative estimate of drug-likeness (QED) is 0.579. The molecule has 2 heteroatoms. The van der Waals surface area contributed by atoms with Gasteiger partial charge in [0.25, 0.3) is 0 Å². The van der Waals surface area contributed by atoms with E-state index in [-0.39, 0.29) is 6.10 Å². The standard InChI is InChI=1S/C14H31NO/c1-5-6-7-8-9-12(2)10-13(3)16-14(4)11-15/h12-14H,5-11,15H2,1-4H3. The highest BCUT2D eigenvalue weighted by Gasteiger charge is 2.11. The summed E-state index contributed by atoms with van der Waals surface area (Å²) in [7, 11) is 0. The number of ether oxygens (including phenoxy) is 1. The topological polar surface area (TPSA) is 35.2 Å². The van der Waals surface area contributed by atoms with Gasteiger partial charge in [-0.2, -0.15) is 0 Å². The van der Waals surface area contributed by atoms with E-state index in [9.17, 15) is 0 Å². The van der Waals surface area contributed by atoms with Gasteiger partial charge in [-0.25, -0.2) is 0 Å². The third-order valence-corrected chi connectivity index (χ3v) is 3.08. The second-order valence-corrected chi connectivity index (χ2v) is 5.18. The molecule has 0 spiro atoms. The number of rotatable bonds is 10. The van der Waals surface area contributed by atoms with Gasteiger partial charge in [-0.05, 0) is 26.2 Å². The molecule has 0 aromatic heterocycles. The summed E-state index contributed by atoms with van der Waals surface area (Å²) in [6.45, 7) is 9.42. The zero-order chi connectivity index (χ0) is 12.4. The van der Waals surface area contributed by atoms with Crippen LogP contribution in [0, 0.1) is 5.92 Å². The molecular weight excluding hydrogens is 198 g/mol. The molecule has 0 amide bonds. The highest BCUT2D eigenvalue weighted by atomic mass is 16.5. The average Bonchev–Trinajstić information content (AvgIpc) is 2.24. The average molecular weight is 229 g/mol. The first-order valence-corrected chi connectivity index (χ1v) is 6.95. The van der Waals surface area contributed by atoms with Crippen molar-refractivity contribution in [1.82, 2.24) is 0 Å². The molecule has 0 aliphatic rings. The van der Waals surface area contributed by atoms with Gasteiger partial charge in [0.15, 0.2) is 0 Å². The number of hydrogen-bond acceptors (Lipinski definition) is 2. The van der Waals surface area contributed by atoms with Crippen molar-refractivity contribution in [1.29, 1.82) is 0 Å². The smallest absolute Gasteiger partial charge is 0.0672 e. The van der Waals surface area contributed by atoms with E-state index < -0.39 is 0 Å². The summed E-state index contributed by atoms with van der Waals surface area (Å²) >= 11 is 0. The third-order valence-electron chi connectivity index (χ3n) is 3.08. The Morgan fingerprint density at radius 3 is 2.25 bits per heavy atom. The molecule has 3 unspecified atom stereocenters. The van der Waals surface area contributed by atoms with E-state index in [1.807, 2.05) is 6.92 Å². The zero-order valence-electron chi connectivity index (χ0n) is 11.7. The first-order chi connectivity index (χ1) is 7.60. The van der Waals surface area contributed by atoms with Gasteiger partial charge in [-0.1, -0.05) is 46.0 Å². The fraction of sp³-hybridized carbons (Fsp3) is 1.00. The Bertz CT molecular complexity index is 150. The summed E-state index contributed by atoms with van der Waals surface area (Å²) < 4.78 is 5.77. The molecule has 98 valence electrons. The summed E-state index contributed by atoms with van der Waals surface area (Å²) in [5.41, 5.74) is 5.54. The largest absolute Gasteiger partial charge is 0.374 e. The molecule has 0 aliphatic heterocycles. The van der Waals surface area contributed by atoms with Crippen molar-refractivity contribution in [2.75, 3.05) is 6.54 Å². The maximum absolute atomic E-state index is 5.77. The molecule has 0 aromatic rings. The Balaban J connectivity index is 3.49. The molecule has 2 nitrogen and oxygen atoms in total. The molecule has 0 heterocycles. The maximum atomic E-state index is 5.77. The SMILES string of the molecule is CCCCCCC(C)CC(C)OC(C)CN. The van der Waals surface area contributed by atoms with Crippen LogP contribution in [0.3, 0.4) is 0 Å². The van der Waals surface area contributed by atoms with Crippen LogP contribution in [0.5, 0.6) is 0 Å². The van der Waals surface area contributed by atoms with Gasteiger partial charge in [0, 0.05) is 6.54 Å². The Hall–Kier alpha value is -0.0800. The van der Waals surface area contributed by atoms with Gasteiger partial charge >= 0.3 is 0 Å². The van der Waals surface area contributed by atoms with E-state index in [2.05, 4.69) is 20.8 Å². The highest BCUT2D eigenvalue weighted by molar-refractivity contribution is 4.62. The normalized spacial score (nSPS) is 17.1. The monoisotopic (exact) mass is 229 g/mol. The van der Waals surface area contributed by atoms with Gasteiger partial charge < -0.3 is 10.5 Å². The van der Waals surface area contributed by atoms with Crippen LogP contribution in [0.1, 0.15) is 66.2 Å². The van der Waals surface area contributed by atoms with Crippen LogP contribution in [0.2, 0.25) is 0 Å². The molecule has 0 saturated carbocycles. The molecule has 16 heavy (non-hydrogen) atoms. The van der Waals surface area contributed by atoms with Crippen molar-refractivity contribution < 1.29 is 4.74 Å². The van der Waals surface area contributed by atoms with E-state index >= 15 is 0 Å².